The molecule has 2 fully saturated rings. The number of anilines is 2. The molecule has 2 aliphatic heterocycles. The summed E-state index contributed by atoms with van der Waals surface area (Å²) in [7, 11) is -2.84. The minimum Gasteiger partial charge on any atom is -0.380 e. The molecular weight excluding hydrogens is 300 g/mol. The lowest BCUT2D eigenvalue weighted by Crippen LogP contribution is -2.40. The third-order valence-corrected chi connectivity index (χ3v) is 5.95. The van der Waals surface area contributed by atoms with Crippen LogP contribution in [-0.2, 0) is 14.6 Å². The number of hydrogen-bond acceptors (Lipinski definition) is 5. The number of sulfone groups is 1. The molecule has 2 aliphatic rings. The number of hydrogen-bond donors (Lipinski definition) is 1. The summed E-state index contributed by atoms with van der Waals surface area (Å²) in [5, 5.41) is 3.52. The Bertz CT molecular complexity index is 629. The van der Waals surface area contributed by atoms with E-state index in [0.29, 0.717) is 19.1 Å². The van der Waals surface area contributed by atoms with Crippen LogP contribution in [0.5, 0.6) is 0 Å². The first kappa shape index (κ1) is 15.6. The van der Waals surface area contributed by atoms with E-state index in [1.165, 1.54) is 0 Å². The van der Waals surface area contributed by atoms with Gasteiger partial charge >= 0.3 is 0 Å². The van der Waals surface area contributed by atoms with Crippen LogP contribution in [0.25, 0.3) is 0 Å². The molecule has 0 amide bonds. The van der Waals surface area contributed by atoms with E-state index in [1.807, 2.05) is 12.1 Å². The summed E-state index contributed by atoms with van der Waals surface area (Å²) in [5.74, 6) is 0.491. The van der Waals surface area contributed by atoms with Gasteiger partial charge in [0.25, 0.3) is 0 Å². The highest BCUT2D eigenvalue weighted by Crippen LogP contribution is 2.28. The van der Waals surface area contributed by atoms with Crippen molar-refractivity contribution in [3.63, 3.8) is 0 Å². The lowest BCUT2D eigenvalue weighted by Gasteiger charge is -2.29. The van der Waals surface area contributed by atoms with Crippen molar-refractivity contribution in [3.8, 4) is 0 Å². The van der Waals surface area contributed by atoms with E-state index in [0.717, 1.165) is 24.4 Å². The van der Waals surface area contributed by atoms with Gasteiger partial charge in [0, 0.05) is 24.5 Å². The normalized spacial score (nSPS) is 26.8. The Labute approximate surface area is 132 Å². The van der Waals surface area contributed by atoms with Crippen LogP contribution in [-0.4, -0.2) is 51.3 Å². The minimum absolute atomic E-state index is 0.0590. The highest BCUT2D eigenvalue weighted by Gasteiger charge is 2.31. The van der Waals surface area contributed by atoms with Crippen LogP contribution in [0.3, 0.4) is 0 Å². The van der Waals surface area contributed by atoms with E-state index in [4.69, 9.17) is 4.74 Å². The second-order valence-corrected chi connectivity index (χ2v) is 9.11. The van der Waals surface area contributed by atoms with Crippen LogP contribution in [0.4, 0.5) is 11.4 Å². The Hall–Kier alpha value is -1.27. The van der Waals surface area contributed by atoms with Crippen LogP contribution in [0.1, 0.15) is 20.3 Å². The van der Waals surface area contributed by atoms with Gasteiger partial charge in [-0.05, 0) is 38.5 Å². The Balaban J connectivity index is 1.66. The zero-order chi connectivity index (χ0) is 15.8. The van der Waals surface area contributed by atoms with Gasteiger partial charge in [0.05, 0.1) is 29.8 Å². The number of rotatable bonds is 3. The lowest BCUT2D eigenvalue weighted by atomic mass is 10.0. The average molecular weight is 324 g/mol. The Morgan fingerprint density at radius 1 is 1.27 bits per heavy atom. The molecule has 0 saturated carbocycles. The first-order valence-electron chi connectivity index (χ1n) is 7.79. The fraction of sp³-hybridized carbons (Fsp3) is 0.625. The largest absolute Gasteiger partial charge is 0.380 e. The van der Waals surface area contributed by atoms with Gasteiger partial charge in [-0.25, -0.2) is 8.42 Å². The summed E-state index contributed by atoms with van der Waals surface area (Å²) >= 11 is 0. The molecule has 3 rings (SSSR count). The smallest absolute Gasteiger partial charge is 0.153 e. The molecule has 6 heteroatoms. The third-order valence-electron chi connectivity index (χ3n) is 4.34. The highest BCUT2D eigenvalue weighted by molar-refractivity contribution is 7.91. The van der Waals surface area contributed by atoms with Gasteiger partial charge in [0.2, 0.25) is 0 Å². The van der Waals surface area contributed by atoms with Crippen molar-refractivity contribution in [3.05, 3.63) is 24.3 Å². The van der Waals surface area contributed by atoms with Crippen molar-refractivity contribution >= 4 is 21.2 Å². The standard InChI is InChI=1S/C16H24N2O3S/c1-16(2)11-14(12-21-16)17-13-4-3-5-15(10-13)18-6-8-22(19,20)9-7-18/h3-5,10,14,17H,6-9,11-12H2,1-2H3/t14-/m0/s1. The van der Waals surface area contributed by atoms with Crippen LogP contribution in [0.2, 0.25) is 0 Å². The van der Waals surface area contributed by atoms with E-state index in [-0.39, 0.29) is 17.1 Å². The molecule has 1 N–H and O–H groups in total. The first-order valence-corrected chi connectivity index (χ1v) is 9.61. The molecule has 0 aliphatic carbocycles. The Morgan fingerprint density at radius 3 is 2.64 bits per heavy atom. The molecule has 0 aromatic heterocycles. The molecule has 0 spiro atoms. The van der Waals surface area contributed by atoms with Crippen LogP contribution < -0.4 is 10.2 Å². The fourth-order valence-electron chi connectivity index (χ4n) is 3.13. The van der Waals surface area contributed by atoms with Gasteiger partial charge in [-0.15, -0.1) is 0 Å². The van der Waals surface area contributed by atoms with Gasteiger partial charge in [-0.2, -0.15) is 0 Å². The second kappa shape index (κ2) is 5.74. The SMILES string of the molecule is CC1(C)C[C@H](Nc2cccc(N3CCS(=O)(=O)CC3)c2)CO1. The zero-order valence-electron chi connectivity index (χ0n) is 13.2. The third kappa shape index (κ3) is 3.73. The predicted molar refractivity (Wildman–Crippen MR) is 89.4 cm³/mol. The highest BCUT2D eigenvalue weighted by atomic mass is 32.2. The van der Waals surface area contributed by atoms with Crippen molar-refractivity contribution in [2.75, 3.05) is 41.4 Å². The summed E-state index contributed by atoms with van der Waals surface area (Å²) in [6.07, 6.45) is 0.985. The maximum Gasteiger partial charge on any atom is 0.153 e. The monoisotopic (exact) mass is 324 g/mol. The summed E-state index contributed by atoms with van der Waals surface area (Å²) in [4.78, 5) is 2.14. The number of ether oxygens (including phenoxy) is 1. The van der Waals surface area contributed by atoms with Crippen molar-refractivity contribution in [2.45, 2.75) is 31.9 Å². The lowest BCUT2D eigenvalue weighted by molar-refractivity contribution is 0.0363. The van der Waals surface area contributed by atoms with E-state index in [9.17, 15) is 8.42 Å². The molecule has 0 radical (unpaired) electrons. The molecule has 5 nitrogen and oxygen atoms in total. The van der Waals surface area contributed by atoms with Gasteiger partial charge in [-0.3, -0.25) is 0 Å². The van der Waals surface area contributed by atoms with E-state index in [1.54, 1.807) is 0 Å². The van der Waals surface area contributed by atoms with Crippen molar-refractivity contribution in [1.29, 1.82) is 0 Å². The van der Waals surface area contributed by atoms with E-state index >= 15 is 0 Å². The van der Waals surface area contributed by atoms with Gasteiger partial charge in [0.1, 0.15) is 0 Å². The Kier molecular flexibility index (Phi) is 4.07. The summed E-state index contributed by atoms with van der Waals surface area (Å²) in [5.41, 5.74) is 2.09. The molecule has 0 bridgehead atoms. The van der Waals surface area contributed by atoms with Crippen LogP contribution in [0.15, 0.2) is 24.3 Å². The van der Waals surface area contributed by atoms with E-state index in [2.05, 4.69) is 36.2 Å². The maximum atomic E-state index is 11.5. The van der Waals surface area contributed by atoms with Crippen molar-refractivity contribution in [2.24, 2.45) is 0 Å². The molecule has 1 aromatic carbocycles. The molecule has 1 atom stereocenters. The Morgan fingerprint density at radius 2 is 2.00 bits per heavy atom. The zero-order valence-corrected chi connectivity index (χ0v) is 14.0. The maximum absolute atomic E-state index is 11.5. The first-order chi connectivity index (χ1) is 10.3. The molecule has 1 aromatic rings. The molecule has 2 saturated heterocycles. The van der Waals surface area contributed by atoms with Crippen molar-refractivity contribution in [1.82, 2.24) is 0 Å². The fourth-order valence-corrected chi connectivity index (χ4v) is 4.33. The average Bonchev–Trinajstić information content (AvgIpc) is 2.78. The number of benzene rings is 1. The minimum atomic E-state index is -2.84. The summed E-state index contributed by atoms with van der Waals surface area (Å²) in [6.45, 7) is 6.09. The predicted octanol–water partition coefficient (Wildman–Crippen LogP) is 1.90. The second-order valence-electron chi connectivity index (χ2n) is 6.81. The topological polar surface area (TPSA) is 58.6 Å². The molecule has 122 valence electrons. The van der Waals surface area contributed by atoms with Crippen LogP contribution >= 0.6 is 0 Å². The molecule has 22 heavy (non-hydrogen) atoms. The summed E-state index contributed by atoms with van der Waals surface area (Å²) < 4.78 is 28.8. The van der Waals surface area contributed by atoms with Gasteiger partial charge in [0.15, 0.2) is 9.84 Å². The number of nitrogens with zero attached hydrogens (tertiary/aromatic N) is 1. The molecule has 0 unspecified atom stereocenters. The quantitative estimate of drug-likeness (QED) is 0.920. The van der Waals surface area contributed by atoms with E-state index < -0.39 is 9.84 Å². The molecular formula is C16H24N2O3S. The van der Waals surface area contributed by atoms with Crippen LogP contribution in [0, 0.1) is 0 Å². The van der Waals surface area contributed by atoms with Gasteiger partial charge in [-0.1, -0.05) is 6.07 Å². The number of nitrogens with one attached hydrogen (secondary N) is 1. The molecule has 2 heterocycles. The summed E-state index contributed by atoms with van der Waals surface area (Å²) in [6, 6.07) is 8.53. The van der Waals surface area contributed by atoms with Gasteiger partial charge < -0.3 is 15.0 Å². The van der Waals surface area contributed by atoms with Crippen molar-refractivity contribution < 1.29 is 13.2 Å².